The van der Waals surface area contributed by atoms with Crippen LogP contribution in [0.15, 0.2) is 10.5 Å². The lowest BCUT2D eigenvalue weighted by Crippen LogP contribution is -1.99. The molecule has 1 aromatic heterocycles. The van der Waals surface area contributed by atoms with Gasteiger partial charge in [-0.3, -0.25) is 4.79 Å². The Morgan fingerprint density at radius 2 is 2.23 bits per heavy atom. The highest BCUT2D eigenvalue weighted by molar-refractivity contribution is 9.10. The first kappa shape index (κ1) is 10.2. The normalized spacial score (nSPS) is 10.5. The van der Waals surface area contributed by atoms with Crippen molar-refractivity contribution in [1.29, 1.82) is 0 Å². The van der Waals surface area contributed by atoms with E-state index in [1.807, 2.05) is 0 Å². The number of hydrogen-bond donors (Lipinski definition) is 0. The maximum absolute atomic E-state index is 12.2. The van der Waals surface area contributed by atoms with Gasteiger partial charge in [-0.15, -0.1) is 0 Å². The van der Waals surface area contributed by atoms with Gasteiger partial charge < -0.3 is 0 Å². The van der Waals surface area contributed by atoms with Crippen molar-refractivity contribution < 1.29 is 13.6 Å². The van der Waals surface area contributed by atoms with Crippen LogP contribution in [0.1, 0.15) is 28.2 Å². The Morgan fingerprint density at radius 1 is 1.62 bits per heavy atom. The van der Waals surface area contributed by atoms with Crippen molar-refractivity contribution in [2.24, 2.45) is 0 Å². The first-order valence-corrected chi connectivity index (χ1v) is 4.26. The number of nitrogens with zero attached hydrogens (tertiary/aromatic N) is 1. The summed E-state index contributed by atoms with van der Waals surface area (Å²) < 4.78 is 24.9. The molecule has 0 unspecified atom stereocenters. The number of hydrogen-bond acceptors (Lipinski definition) is 2. The van der Waals surface area contributed by atoms with E-state index < -0.39 is 6.43 Å². The predicted octanol–water partition coefficient (Wildman–Crippen LogP) is 2.90. The molecule has 0 saturated heterocycles. The molecule has 0 fully saturated rings. The van der Waals surface area contributed by atoms with Crippen LogP contribution in [-0.2, 0) is 0 Å². The second-order valence-corrected chi connectivity index (χ2v) is 3.31. The summed E-state index contributed by atoms with van der Waals surface area (Å²) in [5, 5.41) is 0. The third-order valence-corrected chi connectivity index (χ3v) is 2.43. The van der Waals surface area contributed by atoms with Crippen LogP contribution >= 0.6 is 15.9 Å². The van der Waals surface area contributed by atoms with Crippen LogP contribution in [0, 0.1) is 6.92 Å². The van der Waals surface area contributed by atoms with Gasteiger partial charge in [-0.1, -0.05) is 15.9 Å². The molecule has 0 atom stereocenters. The van der Waals surface area contributed by atoms with E-state index in [2.05, 4.69) is 20.9 Å². The van der Waals surface area contributed by atoms with Gasteiger partial charge in [0.15, 0.2) is 6.29 Å². The summed E-state index contributed by atoms with van der Waals surface area (Å²) in [6, 6.07) is 1.22. The zero-order valence-electron chi connectivity index (χ0n) is 6.72. The fourth-order valence-corrected chi connectivity index (χ4v) is 1.28. The van der Waals surface area contributed by atoms with Gasteiger partial charge in [0.05, 0.1) is 0 Å². The zero-order valence-corrected chi connectivity index (χ0v) is 8.31. The molecule has 1 aromatic rings. The molecular formula is C8H6BrF2NO. The largest absolute Gasteiger partial charge is 0.296 e. The lowest BCUT2D eigenvalue weighted by atomic mass is 10.2. The molecule has 0 N–H and O–H groups in total. The van der Waals surface area contributed by atoms with E-state index in [9.17, 15) is 13.6 Å². The first-order chi connectivity index (χ1) is 6.06. The van der Waals surface area contributed by atoms with Crippen molar-refractivity contribution in [3.63, 3.8) is 0 Å². The number of halogens is 3. The SMILES string of the molecule is Cc1c(Br)cc(C(F)F)nc1C=O. The van der Waals surface area contributed by atoms with Crippen molar-refractivity contribution in [2.75, 3.05) is 0 Å². The van der Waals surface area contributed by atoms with Crippen molar-refractivity contribution in [3.05, 3.63) is 27.5 Å². The molecule has 5 heteroatoms. The Balaban J connectivity index is 3.30. The maximum atomic E-state index is 12.2. The summed E-state index contributed by atoms with van der Waals surface area (Å²) in [7, 11) is 0. The predicted molar refractivity (Wildman–Crippen MR) is 47.0 cm³/mol. The third kappa shape index (κ3) is 2.09. The van der Waals surface area contributed by atoms with E-state index in [-0.39, 0.29) is 11.4 Å². The molecule has 0 spiro atoms. The molecule has 70 valence electrons. The van der Waals surface area contributed by atoms with Crippen LogP contribution in [0.4, 0.5) is 8.78 Å². The minimum absolute atomic E-state index is 0.0460. The van der Waals surface area contributed by atoms with E-state index in [1.165, 1.54) is 6.07 Å². The second-order valence-electron chi connectivity index (χ2n) is 2.46. The van der Waals surface area contributed by atoms with Crippen LogP contribution in [-0.4, -0.2) is 11.3 Å². The number of alkyl halides is 2. The quantitative estimate of drug-likeness (QED) is 0.755. The van der Waals surface area contributed by atoms with Gasteiger partial charge in [0.1, 0.15) is 11.4 Å². The zero-order chi connectivity index (χ0) is 10.0. The summed E-state index contributed by atoms with van der Waals surface area (Å²) in [5.41, 5.74) is 0.226. The average molecular weight is 250 g/mol. The topological polar surface area (TPSA) is 30.0 Å². The Morgan fingerprint density at radius 3 is 2.69 bits per heavy atom. The van der Waals surface area contributed by atoms with Gasteiger partial charge in [0, 0.05) is 4.47 Å². The molecule has 0 saturated carbocycles. The lowest BCUT2D eigenvalue weighted by molar-refractivity contribution is 0.111. The number of rotatable bonds is 2. The van der Waals surface area contributed by atoms with Crippen LogP contribution in [0.5, 0.6) is 0 Å². The van der Waals surface area contributed by atoms with Gasteiger partial charge >= 0.3 is 0 Å². The molecule has 13 heavy (non-hydrogen) atoms. The molecule has 0 radical (unpaired) electrons. The molecule has 0 amide bonds. The summed E-state index contributed by atoms with van der Waals surface area (Å²) in [4.78, 5) is 13.9. The van der Waals surface area contributed by atoms with Gasteiger partial charge in [-0.25, -0.2) is 13.8 Å². The minimum Gasteiger partial charge on any atom is -0.296 e. The summed E-state index contributed by atoms with van der Waals surface area (Å²) in [6.45, 7) is 1.63. The Bertz CT molecular complexity index is 341. The molecule has 0 aliphatic rings. The standard InChI is InChI=1S/C8H6BrF2NO/c1-4-5(9)2-6(8(10)11)12-7(4)3-13/h2-3,8H,1H3. The molecule has 0 aliphatic heterocycles. The number of aldehydes is 1. The fraction of sp³-hybridized carbons (Fsp3) is 0.250. The van der Waals surface area contributed by atoms with E-state index in [4.69, 9.17) is 0 Å². The van der Waals surface area contributed by atoms with Crippen molar-refractivity contribution in [1.82, 2.24) is 4.98 Å². The lowest BCUT2D eigenvalue weighted by Gasteiger charge is -2.04. The van der Waals surface area contributed by atoms with Crippen LogP contribution in [0.2, 0.25) is 0 Å². The maximum Gasteiger partial charge on any atom is 0.280 e. The van der Waals surface area contributed by atoms with Gasteiger partial charge in [0.25, 0.3) is 6.43 Å². The molecule has 2 nitrogen and oxygen atoms in total. The number of carbonyl (C=O) groups is 1. The van der Waals surface area contributed by atoms with Crippen molar-refractivity contribution >= 4 is 22.2 Å². The molecule has 0 bridgehead atoms. The van der Waals surface area contributed by atoms with Gasteiger partial charge in [-0.2, -0.15) is 0 Å². The third-order valence-electron chi connectivity index (χ3n) is 1.60. The van der Waals surface area contributed by atoms with Crippen LogP contribution in [0.25, 0.3) is 0 Å². The minimum atomic E-state index is -2.66. The Labute approximate surface area is 82.1 Å². The number of pyridine rings is 1. The average Bonchev–Trinajstić information content (AvgIpc) is 2.09. The highest BCUT2D eigenvalue weighted by atomic mass is 79.9. The summed E-state index contributed by atoms with van der Waals surface area (Å²) in [5.74, 6) is 0. The van der Waals surface area contributed by atoms with E-state index >= 15 is 0 Å². The van der Waals surface area contributed by atoms with E-state index in [0.717, 1.165) is 0 Å². The fourth-order valence-electron chi connectivity index (χ4n) is 0.842. The van der Waals surface area contributed by atoms with Crippen LogP contribution in [0.3, 0.4) is 0 Å². The summed E-state index contributed by atoms with van der Waals surface area (Å²) >= 11 is 3.07. The molecule has 1 rings (SSSR count). The molecule has 0 aliphatic carbocycles. The Kier molecular flexibility index (Phi) is 3.08. The van der Waals surface area contributed by atoms with Gasteiger partial charge in [-0.05, 0) is 18.6 Å². The van der Waals surface area contributed by atoms with Crippen molar-refractivity contribution in [3.8, 4) is 0 Å². The van der Waals surface area contributed by atoms with Crippen LogP contribution < -0.4 is 0 Å². The molecular weight excluding hydrogens is 244 g/mol. The van der Waals surface area contributed by atoms with Gasteiger partial charge in [0.2, 0.25) is 0 Å². The number of carbonyl (C=O) groups excluding carboxylic acids is 1. The molecule has 0 aromatic carbocycles. The van der Waals surface area contributed by atoms with E-state index in [1.54, 1.807) is 6.92 Å². The second kappa shape index (κ2) is 3.91. The van der Waals surface area contributed by atoms with Crippen molar-refractivity contribution in [2.45, 2.75) is 13.3 Å². The first-order valence-electron chi connectivity index (χ1n) is 3.46. The molecule has 1 heterocycles. The highest BCUT2D eigenvalue weighted by Crippen LogP contribution is 2.24. The number of aromatic nitrogens is 1. The smallest absolute Gasteiger partial charge is 0.280 e. The van der Waals surface area contributed by atoms with E-state index in [0.29, 0.717) is 16.3 Å². The Hall–Kier alpha value is -0.840. The summed E-state index contributed by atoms with van der Waals surface area (Å²) in [6.07, 6.45) is -2.19. The monoisotopic (exact) mass is 249 g/mol. The highest BCUT2D eigenvalue weighted by Gasteiger charge is 2.13.